The van der Waals surface area contributed by atoms with Crippen molar-refractivity contribution in [3.05, 3.63) is 79.9 Å². The second-order valence-corrected chi connectivity index (χ2v) is 7.93. The largest absolute Gasteiger partial charge is 0.344 e. The fourth-order valence-corrected chi connectivity index (χ4v) is 4.49. The predicted octanol–water partition coefficient (Wildman–Crippen LogP) is 2.09. The summed E-state index contributed by atoms with van der Waals surface area (Å²) in [5.41, 5.74) is 1.69. The fourth-order valence-electron chi connectivity index (χ4n) is 4.49. The SMILES string of the molecule is O=C(N/N=C1/[C@@H]2OC[C@H](O2)[C@H]2[C@@H](C(=O)c3ccccc3)[C@@H]12)c1cc([N+](=O)[O-])cc([N+](=O)[O-])c1. The van der Waals surface area contributed by atoms with Gasteiger partial charge in [0, 0.05) is 35.4 Å². The van der Waals surface area contributed by atoms with Gasteiger partial charge in [-0.1, -0.05) is 30.3 Å². The van der Waals surface area contributed by atoms with E-state index < -0.39 is 33.4 Å². The number of rotatable bonds is 6. The van der Waals surface area contributed by atoms with Gasteiger partial charge in [0.1, 0.15) is 0 Å². The van der Waals surface area contributed by atoms with Crippen molar-refractivity contribution in [1.82, 2.24) is 5.43 Å². The zero-order valence-electron chi connectivity index (χ0n) is 16.8. The van der Waals surface area contributed by atoms with Gasteiger partial charge in [-0.15, -0.1) is 0 Å². The average Bonchev–Trinajstić information content (AvgIpc) is 3.42. The zero-order chi connectivity index (χ0) is 23.3. The highest BCUT2D eigenvalue weighted by molar-refractivity contribution is 6.07. The summed E-state index contributed by atoms with van der Waals surface area (Å²) in [5, 5.41) is 26.2. The van der Waals surface area contributed by atoms with E-state index in [0.29, 0.717) is 17.9 Å². The molecule has 0 spiro atoms. The van der Waals surface area contributed by atoms with Crippen LogP contribution in [0.1, 0.15) is 20.7 Å². The van der Waals surface area contributed by atoms with E-state index in [4.69, 9.17) is 9.47 Å². The number of Topliss-reactive ketones (excluding diaryl/α,β-unsaturated/α-hetero) is 1. The summed E-state index contributed by atoms with van der Waals surface area (Å²) in [6.45, 7) is 0.300. The zero-order valence-corrected chi connectivity index (χ0v) is 16.8. The Labute approximate surface area is 185 Å². The fraction of sp³-hybridized carbons (Fsp3) is 0.286. The summed E-state index contributed by atoms with van der Waals surface area (Å²) in [4.78, 5) is 46.1. The predicted molar refractivity (Wildman–Crippen MR) is 111 cm³/mol. The lowest BCUT2D eigenvalue weighted by Crippen LogP contribution is -2.33. The number of non-ortho nitro benzene ring substituents is 2. The Bertz CT molecular complexity index is 1180. The van der Waals surface area contributed by atoms with Crippen LogP contribution in [0.15, 0.2) is 53.6 Å². The number of hydrazone groups is 1. The summed E-state index contributed by atoms with van der Waals surface area (Å²) >= 11 is 0. The van der Waals surface area contributed by atoms with Crippen molar-refractivity contribution >= 4 is 28.8 Å². The number of nitrogens with zero attached hydrogens (tertiary/aromatic N) is 3. The Morgan fingerprint density at radius 2 is 1.67 bits per heavy atom. The van der Waals surface area contributed by atoms with Crippen molar-refractivity contribution in [3.8, 4) is 0 Å². The monoisotopic (exact) mass is 452 g/mol. The smallest absolute Gasteiger partial charge is 0.277 e. The molecule has 1 saturated carbocycles. The number of nitrogens with one attached hydrogen (secondary N) is 1. The molecule has 2 heterocycles. The van der Waals surface area contributed by atoms with Crippen LogP contribution in [0.5, 0.6) is 0 Å². The number of benzene rings is 2. The topological polar surface area (TPSA) is 163 Å². The minimum Gasteiger partial charge on any atom is -0.344 e. The minimum atomic E-state index is -0.877. The van der Waals surface area contributed by atoms with E-state index in [-0.39, 0.29) is 35.2 Å². The van der Waals surface area contributed by atoms with E-state index in [0.717, 1.165) is 18.2 Å². The molecule has 168 valence electrons. The molecule has 1 amide bonds. The van der Waals surface area contributed by atoms with Crippen molar-refractivity contribution in [2.75, 3.05) is 6.61 Å². The van der Waals surface area contributed by atoms with Crippen molar-refractivity contribution in [3.63, 3.8) is 0 Å². The molecule has 2 aromatic rings. The van der Waals surface area contributed by atoms with Crippen LogP contribution in [0.4, 0.5) is 11.4 Å². The molecule has 3 fully saturated rings. The van der Waals surface area contributed by atoms with Crippen LogP contribution < -0.4 is 5.43 Å². The molecule has 33 heavy (non-hydrogen) atoms. The summed E-state index contributed by atoms with van der Waals surface area (Å²) in [6, 6.07) is 11.4. The van der Waals surface area contributed by atoms with Gasteiger partial charge in [0.25, 0.3) is 17.3 Å². The molecular weight excluding hydrogens is 436 g/mol. The lowest BCUT2D eigenvalue weighted by Gasteiger charge is -2.18. The maximum absolute atomic E-state index is 13.0. The summed E-state index contributed by atoms with van der Waals surface area (Å²) < 4.78 is 11.4. The van der Waals surface area contributed by atoms with Crippen molar-refractivity contribution < 1.29 is 28.9 Å². The first-order valence-electron chi connectivity index (χ1n) is 10.0. The minimum absolute atomic E-state index is 0.0462. The Kier molecular flexibility index (Phi) is 4.95. The molecular formula is C21H16N4O8. The third kappa shape index (κ3) is 3.64. The highest BCUT2D eigenvalue weighted by Crippen LogP contribution is 2.57. The third-order valence-electron chi connectivity index (χ3n) is 6.03. The van der Waals surface area contributed by atoms with Gasteiger partial charge in [-0.2, -0.15) is 5.10 Å². The summed E-state index contributed by atoms with van der Waals surface area (Å²) in [7, 11) is 0. The molecule has 2 bridgehead atoms. The number of nitro groups is 2. The normalized spacial score (nSPS) is 28.1. The third-order valence-corrected chi connectivity index (χ3v) is 6.03. The van der Waals surface area contributed by atoms with E-state index in [1.165, 1.54) is 0 Å². The molecule has 1 N–H and O–H groups in total. The lowest BCUT2D eigenvalue weighted by molar-refractivity contribution is -0.394. The quantitative estimate of drug-likeness (QED) is 0.395. The van der Waals surface area contributed by atoms with Gasteiger partial charge in [0.2, 0.25) is 0 Å². The van der Waals surface area contributed by atoms with Gasteiger partial charge in [-0.3, -0.25) is 29.8 Å². The van der Waals surface area contributed by atoms with Crippen LogP contribution in [0, 0.1) is 38.0 Å². The molecule has 5 rings (SSSR count). The van der Waals surface area contributed by atoms with Crippen LogP contribution >= 0.6 is 0 Å². The van der Waals surface area contributed by atoms with Crippen molar-refractivity contribution in [1.29, 1.82) is 0 Å². The molecule has 5 atom stereocenters. The van der Waals surface area contributed by atoms with Gasteiger partial charge < -0.3 is 9.47 Å². The first-order chi connectivity index (χ1) is 15.8. The molecule has 0 radical (unpaired) electrons. The lowest BCUT2D eigenvalue weighted by atomic mass is 10.0. The molecule has 12 nitrogen and oxygen atoms in total. The highest BCUT2D eigenvalue weighted by Gasteiger charge is 2.67. The number of fused-ring (bicyclic) bond motifs is 4. The average molecular weight is 452 g/mol. The Morgan fingerprint density at radius 3 is 2.30 bits per heavy atom. The van der Waals surface area contributed by atoms with Crippen molar-refractivity contribution in [2.45, 2.75) is 12.4 Å². The molecule has 2 saturated heterocycles. The molecule has 3 aliphatic rings. The second kappa shape index (κ2) is 7.83. The van der Waals surface area contributed by atoms with Crippen LogP contribution in [0.3, 0.4) is 0 Å². The van der Waals surface area contributed by atoms with E-state index >= 15 is 0 Å². The summed E-state index contributed by atoms with van der Waals surface area (Å²) in [5.74, 6) is -1.69. The van der Waals surface area contributed by atoms with Crippen LogP contribution in [0.2, 0.25) is 0 Å². The number of ketones is 1. The number of carbonyl (C=O) groups is 2. The van der Waals surface area contributed by atoms with Crippen molar-refractivity contribution in [2.24, 2.45) is 22.9 Å². The Morgan fingerprint density at radius 1 is 1.00 bits per heavy atom. The maximum Gasteiger partial charge on any atom is 0.277 e. The van der Waals surface area contributed by atoms with Crippen LogP contribution in [0.25, 0.3) is 0 Å². The maximum atomic E-state index is 13.0. The van der Waals surface area contributed by atoms with Crippen LogP contribution in [-0.2, 0) is 9.47 Å². The van der Waals surface area contributed by atoms with E-state index in [2.05, 4.69) is 10.5 Å². The number of ether oxygens (including phenoxy) is 2. The van der Waals surface area contributed by atoms with Gasteiger partial charge in [-0.05, 0) is 0 Å². The molecule has 2 aromatic carbocycles. The van der Waals surface area contributed by atoms with Gasteiger partial charge >= 0.3 is 0 Å². The van der Waals surface area contributed by atoms with Gasteiger partial charge in [-0.25, -0.2) is 5.43 Å². The number of hydrogen-bond acceptors (Lipinski definition) is 9. The first kappa shape index (κ1) is 20.8. The molecule has 1 aliphatic carbocycles. The molecule has 0 unspecified atom stereocenters. The number of carbonyl (C=O) groups excluding carboxylic acids is 2. The molecule has 2 aliphatic heterocycles. The van der Waals surface area contributed by atoms with E-state index in [1.54, 1.807) is 24.3 Å². The molecule has 0 aromatic heterocycles. The Balaban J connectivity index is 1.39. The number of amides is 1. The highest BCUT2D eigenvalue weighted by atomic mass is 16.7. The van der Waals surface area contributed by atoms with Gasteiger partial charge in [0.05, 0.1) is 39.9 Å². The Hall–Kier alpha value is -4.03. The van der Waals surface area contributed by atoms with Crippen LogP contribution in [-0.4, -0.2) is 46.2 Å². The van der Waals surface area contributed by atoms with E-state index in [9.17, 15) is 29.8 Å². The van der Waals surface area contributed by atoms with E-state index in [1.807, 2.05) is 6.07 Å². The van der Waals surface area contributed by atoms with Gasteiger partial charge in [0.15, 0.2) is 12.1 Å². The second-order valence-electron chi connectivity index (χ2n) is 7.93. The number of hydrogen-bond donors (Lipinski definition) is 1. The number of nitro benzene ring substituents is 2. The summed E-state index contributed by atoms with van der Waals surface area (Å²) in [6.07, 6.45) is -1.06. The first-order valence-corrected chi connectivity index (χ1v) is 10.0. The molecule has 12 heteroatoms. The standard InChI is InChI=1S/C21H16N4O8/c26-19(10-4-2-1-3-5-10)17-15-14-9-32-21(33-14)18(16(15)17)22-23-20(27)11-6-12(24(28)29)8-13(7-11)25(30)31/h1-8,14-17,21H,9H2,(H,23,27)/b22-18+/t14-,15+,16-,17+,21+/m0/s1.